The minimum absolute atomic E-state index is 0.366. The number of hydrogen-bond donors (Lipinski definition) is 0. The molecule has 1 amide bonds. The molecule has 2 heterocycles. The van der Waals surface area contributed by atoms with E-state index < -0.39 is 0 Å². The third kappa shape index (κ3) is 3.48. The highest BCUT2D eigenvalue weighted by Gasteiger charge is 2.42. The molecule has 114 valence electrons. The van der Waals surface area contributed by atoms with Gasteiger partial charge in [0.25, 0.3) is 0 Å². The Morgan fingerprint density at radius 3 is 2.43 bits per heavy atom. The average Bonchev–Trinajstić information content (AvgIpc) is 2.77. The molecule has 2 nitrogen and oxygen atoms in total. The van der Waals surface area contributed by atoms with Gasteiger partial charge >= 0.3 is 0 Å². The van der Waals surface area contributed by atoms with Gasteiger partial charge in [-0.05, 0) is 56.1 Å². The number of aryl methyl sites for hydroxylation is 1. The number of piperidine rings is 1. The van der Waals surface area contributed by atoms with E-state index in [9.17, 15) is 4.79 Å². The molecular weight excluding hydrogens is 346 g/mol. The highest BCUT2D eigenvalue weighted by molar-refractivity contribution is 9.10. The van der Waals surface area contributed by atoms with Gasteiger partial charge in [0.1, 0.15) is 0 Å². The molecule has 4 heteroatoms. The van der Waals surface area contributed by atoms with Crippen LogP contribution in [0.1, 0.15) is 37.7 Å². The summed E-state index contributed by atoms with van der Waals surface area (Å²) in [6, 6.07) is 9.33. The number of benzene rings is 1. The molecule has 21 heavy (non-hydrogen) atoms. The van der Waals surface area contributed by atoms with E-state index in [0.29, 0.717) is 24.4 Å². The zero-order valence-electron chi connectivity index (χ0n) is 12.4. The minimum atomic E-state index is 0.366. The summed E-state index contributed by atoms with van der Waals surface area (Å²) in [7, 11) is 0. The number of carbonyl (C=O) groups is 1. The lowest BCUT2D eigenvalue weighted by Gasteiger charge is -2.38. The fourth-order valence-electron chi connectivity index (χ4n) is 3.76. The van der Waals surface area contributed by atoms with E-state index >= 15 is 0 Å². The molecule has 2 unspecified atom stereocenters. The van der Waals surface area contributed by atoms with Crippen molar-refractivity contribution in [3.63, 3.8) is 0 Å². The van der Waals surface area contributed by atoms with Gasteiger partial charge in [-0.1, -0.05) is 28.1 Å². The maximum absolute atomic E-state index is 12.6. The lowest BCUT2D eigenvalue weighted by molar-refractivity contribution is -0.135. The van der Waals surface area contributed by atoms with Crippen LogP contribution in [0.2, 0.25) is 0 Å². The molecule has 2 bridgehead atoms. The van der Waals surface area contributed by atoms with E-state index in [4.69, 9.17) is 0 Å². The molecule has 2 fully saturated rings. The zero-order valence-corrected chi connectivity index (χ0v) is 14.8. The first kappa shape index (κ1) is 15.4. The predicted molar refractivity (Wildman–Crippen MR) is 92.7 cm³/mol. The van der Waals surface area contributed by atoms with E-state index in [2.05, 4.69) is 39.2 Å². The third-order valence-electron chi connectivity index (χ3n) is 4.85. The summed E-state index contributed by atoms with van der Waals surface area (Å²) in [5, 5.41) is 0.762. The molecule has 1 aromatic rings. The van der Waals surface area contributed by atoms with Crippen molar-refractivity contribution >= 4 is 33.6 Å². The Hall–Kier alpha value is -0.480. The molecule has 0 N–H and O–H groups in total. The van der Waals surface area contributed by atoms with Crippen molar-refractivity contribution in [1.29, 1.82) is 0 Å². The first-order valence-corrected chi connectivity index (χ1v) is 9.84. The summed E-state index contributed by atoms with van der Waals surface area (Å²) in [4.78, 5) is 14.8. The predicted octanol–water partition coefficient (Wildman–Crippen LogP) is 4.27. The van der Waals surface area contributed by atoms with Crippen LogP contribution in [0.4, 0.5) is 0 Å². The van der Waals surface area contributed by atoms with Crippen LogP contribution >= 0.6 is 27.7 Å². The van der Waals surface area contributed by atoms with Gasteiger partial charge in [0.15, 0.2) is 0 Å². The Labute approximate surface area is 139 Å². The SMILES string of the molecule is CSC1CC2CCC(C1)N2C(=O)CCc1ccc(Br)cc1. The van der Waals surface area contributed by atoms with Crippen LogP contribution in [0.3, 0.4) is 0 Å². The lowest BCUT2D eigenvalue weighted by Crippen LogP contribution is -2.47. The van der Waals surface area contributed by atoms with Gasteiger partial charge in [0.2, 0.25) is 5.91 Å². The Morgan fingerprint density at radius 1 is 1.24 bits per heavy atom. The largest absolute Gasteiger partial charge is 0.337 e. The van der Waals surface area contributed by atoms with E-state index in [1.165, 1.54) is 31.2 Å². The highest BCUT2D eigenvalue weighted by Crippen LogP contribution is 2.39. The second kappa shape index (κ2) is 6.74. The summed E-state index contributed by atoms with van der Waals surface area (Å²) < 4.78 is 1.09. The fraction of sp³-hybridized carbons (Fsp3) is 0.588. The Balaban J connectivity index is 1.57. The highest BCUT2D eigenvalue weighted by atomic mass is 79.9. The second-order valence-electron chi connectivity index (χ2n) is 6.14. The molecule has 0 aromatic heterocycles. The third-order valence-corrected chi connectivity index (χ3v) is 6.43. The van der Waals surface area contributed by atoms with E-state index in [-0.39, 0.29) is 0 Å². The number of rotatable bonds is 4. The van der Waals surface area contributed by atoms with Crippen molar-refractivity contribution in [3.8, 4) is 0 Å². The van der Waals surface area contributed by atoms with E-state index in [1.807, 2.05) is 23.9 Å². The quantitative estimate of drug-likeness (QED) is 0.791. The van der Waals surface area contributed by atoms with Gasteiger partial charge in [-0.2, -0.15) is 11.8 Å². The summed E-state index contributed by atoms with van der Waals surface area (Å²) in [6.07, 6.45) is 8.53. The van der Waals surface area contributed by atoms with Crippen molar-refractivity contribution in [2.45, 2.75) is 55.9 Å². The van der Waals surface area contributed by atoms with Crippen LogP contribution in [0.5, 0.6) is 0 Å². The molecule has 0 spiro atoms. The topological polar surface area (TPSA) is 20.3 Å². The number of hydrogen-bond acceptors (Lipinski definition) is 2. The summed E-state index contributed by atoms with van der Waals surface area (Å²) in [6.45, 7) is 0. The van der Waals surface area contributed by atoms with Gasteiger partial charge in [-0.3, -0.25) is 4.79 Å². The standard InChI is InChI=1S/C17H22BrNOS/c1-21-16-10-14-7-8-15(11-16)19(14)17(20)9-4-12-2-5-13(18)6-3-12/h2-3,5-6,14-16H,4,7-11H2,1H3. The van der Waals surface area contributed by atoms with Crippen molar-refractivity contribution in [2.75, 3.05) is 6.26 Å². The Kier molecular flexibility index (Phi) is 4.95. The number of thioether (sulfide) groups is 1. The molecular formula is C17H22BrNOS. The number of amides is 1. The van der Waals surface area contributed by atoms with Gasteiger partial charge in [-0.25, -0.2) is 0 Å². The second-order valence-corrected chi connectivity index (χ2v) is 8.20. The number of fused-ring (bicyclic) bond motifs is 2. The first-order valence-electron chi connectivity index (χ1n) is 7.76. The van der Waals surface area contributed by atoms with Crippen LogP contribution in [0, 0.1) is 0 Å². The number of nitrogens with zero attached hydrogens (tertiary/aromatic N) is 1. The van der Waals surface area contributed by atoms with Gasteiger partial charge in [0.05, 0.1) is 0 Å². The van der Waals surface area contributed by atoms with Crippen LogP contribution in [-0.4, -0.2) is 34.4 Å². The molecule has 0 radical (unpaired) electrons. The smallest absolute Gasteiger partial charge is 0.223 e. The summed E-state index contributed by atoms with van der Waals surface area (Å²) >= 11 is 5.42. The Morgan fingerprint density at radius 2 is 1.86 bits per heavy atom. The average molecular weight is 368 g/mol. The Bertz CT molecular complexity index is 490. The molecule has 2 atom stereocenters. The normalized spacial score (nSPS) is 27.9. The molecule has 3 rings (SSSR count). The minimum Gasteiger partial charge on any atom is -0.337 e. The number of halogens is 1. The van der Waals surface area contributed by atoms with Crippen molar-refractivity contribution < 1.29 is 4.79 Å². The molecule has 2 aliphatic heterocycles. The monoisotopic (exact) mass is 367 g/mol. The molecule has 0 aliphatic carbocycles. The first-order chi connectivity index (χ1) is 10.2. The van der Waals surface area contributed by atoms with Crippen molar-refractivity contribution in [2.24, 2.45) is 0 Å². The van der Waals surface area contributed by atoms with Crippen molar-refractivity contribution in [1.82, 2.24) is 4.90 Å². The molecule has 0 saturated carbocycles. The summed E-state index contributed by atoms with van der Waals surface area (Å²) in [5.74, 6) is 0.366. The lowest BCUT2D eigenvalue weighted by atomic mass is 10.0. The molecule has 2 aliphatic rings. The number of carbonyl (C=O) groups excluding carboxylic acids is 1. The maximum atomic E-state index is 12.6. The molecule has 1 aromatic carbocycles. The zero-order chi connectivity index (χ0) is 14.8. The molecule has 2 saturated heterocycles. The maximum Gasteiger partial charge on any atom is 0.223 e. The van der Waals surface area contributed by atoms with Crippen LogP contribution < -0.4 is 0 Å². The van der Waals surface area contributed by atoms with Crippen LogP contribution in [-0.2, 0) is 11.2 Å². The van der Waals surface area contributed by atoms with E-state index in [1.54, 1.807) is 0 Å². The van der Waals surface area contributed by atoms with Gasteiger partial charge < -0.3 is 4.90 Å². The van der Waals surface area contributed by atoms with Crippen LogP contribution in [0.15, 0.2) is 28.7 Å². The fourth-order valence-corrected chi connectivity index (χ4v) is 4.85. The van der Waals surface area contributed by atoms with Crippen molar-refractivity contribution in [3.05, 3.63) is 34.3 Å². The summed E-state index contributed by atoms with van der Waals surface area (Å²) in [5.41, 5.74) is 1.25. The van der Waals surface area contributed by atoms with E-state index in [0.717, 1.165) is 16.1 Å². The van der Waals surface area contributed by atoms with Gasteiger partial charge in [0, 0.05) is 28.2 Å². The van der Waals surface area contributed by atoms with Gasteiger partial charge in [-0.15, -0.1) is 0 Å². The van der Waals surface area contributed by atoms with Crippen LogP contribution in [0.25, 0.3) is 0 Å².